The number of hydrogen-bond acceptors (Lipinski definition) is 3. The molecular weight excluding hydrogens is 332 g/mol. The zero-order valence-corrected chi connectivity index (χ0v) is 15.6. The Bertz CT molecular complexity index is 765. The lowest BCUT2D eigenvalue weighted by Gasteiger charge is -2.26. The summed E-state index contributed by atoms with van der Waals surface area (Å²) in [6.45, 7) is 3.77. The maximum atomic E-state index is 13.4. The Morgan fingerprint density at radius 1 is 1.32 bits per heavy atom. The second-order valence-corrected chi connectivity index (χ2v) is 8.60. The predicted molar refractivity (Wildman–Crippen MR) is 101 cm³/mol. The number of fused-ring (bicyclic) bond motifs is 1. The van der Waals surface area contributed by atoms with Gasteiger partial charge in [0.15, 0.2) is 0 Å². The van der Waals surface area contributed by atoms with Crippen molar-refractivity contribution in [2.45, 2.75) is 45.4 Å². The fourth-order valence-corrected chi connectivity index (χ4v) is 5.82. The lowest BCUT2D eigenvalue weighted by Crippen LogP contribution is -2.34. The molecule has 1 N–H and O–H groups in total. The first kappa shape index (κ1) is 16.9. The molecule has 1 fully saturated rings. The Kier molecular flexibility index (Phi) is 4.46. The molecule has 4 rings (SSSR count). The molecule has 1 saturated heterocycles. The van der Waals surface area contributed by atoms with Crippen molar-refractivity contribution >= 4 is 17.2 Å². The van der Waals surface area contributed by atoms with Gasteiger partial charge in [-0.1, -0.05) is 13.3 Å². The number of nitrogens with zero attached hydrogens (tertiary/aromatic N) is 2. The SMILES string of the molecule is CCCC1(CO)CCN(C(=O)c2c(-n3cccc3)sc3c2CCC3)C1. The van der Waals surface area contributed by atoms with E-state index in [4.69, 9.17) is 0 Å². The smallest absolute Gasteiger partial charge is 0.257 e. The van der Waals surface area contributed by atoms with E-state index in [1.165, 1.54) is 10.4 Å². The van der Waals surface area contributed by atoms with Crippen LogP contribution in [0, 0.1) is 5.41 Å². The van der Waals surface area contributed by atoms with Crippen LogP contribution >= 0.6 is 11.3 Å². The fourth-order valence-electron chi connectivity index (χ4n) is 4.47. The topological polar surface area (TPSA) is 45.5 Å². The molecule has 5 heteroatoms. The van der Waals surface area contributed by atoms with Crippen LogP contribution in [-0.2, 0) is 12.8 Å². The third kappa shape index (κ3) is 2.83. The number of aromatic nitrogens is 1. The van der Waals surface area contributed by atoms with Gasteiger partial charge in [-0.25, -0.2) is 0 Å². The van der Waals surface area contributed by atoms with Crippen molar-refractivity contribution in [3.05, 3.63) is 40.5 Å². The van der Waals surface area contributed by atoms with Crippen LogP contribution < -0.4 is 0 Å². The van der Waals surface area contributed by atoms with Gasteiger partial charge in [-0.2, -0.15) is 0 Å². The molecule has 4 nitrogen and oxygen atoms in total. The van der Waals surface area contributed by atoms with Gasteiger partial charge in [-0.15, -0.1) is 11.3 Å². The van der Waals surface area contributed by atoms with Gasteiger partial charge >= 0.3 is 0 Å². The molecule has 1 amide bonds. The average molecular weight is 359 g/mol. The maximum Gasteiger partial charge on any atom is 0.257 e. The number of rotatable bonds is 5. The zero-order valence-electron chi connectivity index (χ0n) is 14.8. The summed E-state index contributed by atoms with van der Waals surface area (Å²) < 4.78 is 2.08. The Balaban J connectivity index is 1.67. The number of carbonyl (C=O) groups is 1. The van der Waals surface area contributed by atoms with Crippen LogP contribution in [-0.4, -0.2) is 40.2 Å². The van der Waals surface area contributed by atoms with E-state index in [1.54, 1.807) is 11.3 Å². The van der Waals surface area contributed by atoms with Gasteiger partial charge in [0.25, 0.3) is 5.91 Å². The number of aliphatic hydroxyl groups excluding tert-OH is 1. The minimum Gasteiger partial charge on any atom is -0.396 e. The second kappa shape index (κ2) is 6.61. The number of thiophene rings is 1. The molecule has 1 aliphatic carbocycles. The molecular formula is C20H26N2O2S. The molecule has 25 heavy (non-hydrogen) atoms. The van der Waals surface area contributed by atoms with Gasteiger partial charge in [-0.3, -0.25) is 4.79 Å². The summed E-state index contributed by atoms with van der Waals surface area (Å²) in [6.07, 6.45) is 10.3. The first-order valence-corrected chi connectivity index (χ1v) is 10.2. The van der Waals surface area contributed by atoms with Crippen LogP contribution in [0.4, 0.5) is 0 Å². The number of aryl methyl sites for hydroxylation is 1. The summed E-state index contributed by atoms with van der Waals surface area (Å²) in [5.74, 6) is 0.162. The summed E-state index contributed by atoms with van der Waals surface area (Å²) in [7, 11) is 0. The van der Waals surface area contributed by atoms with Gasteiger partial charge in [0.05, 0.1) is 12.2 Å². The summed E-state index contributed by atoms with van der Waals surface area (Å²) in [5, 5.41) is 11.0. The Labute approximate surface area is 153 Å². The summed E-state index contributed by atoms with van der Waals surface area (Å²) in [4.78, 5) is 16.8. The molecule has 0 spiro atoms. The van der Waals surface area contributed by atoms with E-state index < -0.39 is 0 Å². The molecule has 1 atom stereocenters. The molecule has 3 heterocycles. The van der Waals surface area contributed by atoms with Gasteiger partial charge < -0.3 is 14.6 Å². The summed E-state index contributed by atoms with van der Waals surface area (Å²) in [5.41, 5.74) is 2.09. The predicted octanol–water partition coefficient (Wildman–Crippen LogP) is 3.65. The molecule has 0 saturated carbocycles. The third-order valence-corrected chi connectivity index (χ3v) is 7.10. The van der Waals surface area contributed by atoms with Crippen molar-refractivity contribution in [3.63, 3.8) is 0 Å². The van der Waals surface area contributed by atoms with Gasteiger partial charge in [0, 0.05) is 35.8 Å². The molecule has 2 aliphatic rings. The number of likely N-dealkylation sites (tertiary alicyclic amines) is 1. The van der Waals surface area contributed by atoms with E-state index in [9.17, 15) is 9.90 Å². The highest BCUT2D eigenvalue weighted by molar-refractivity contribution is 7.15. The zero-order chi connectivity index (χ0) is 17.4. The lowest BCUT2D eigenvalue weighted by atomic mass is 9.83. The highest BCUT2D eigenvalue weighted by atomic mass is 32.1. The van der Waals surface area contributed by atoms with Crippen LogP contribution in [0.5, 0.6) is 0 Å². The van der Waals surface area contributed by atoms with E-state index >= 15 is 0 Å². The largest absolute Gasteiger partial charge is 0.396 e. The van der Waals surface area contributed by atoms with Crippen LogP contribution in [0.3, 0.4) is 0 Å². The first-order valence-electron chi connectivity index (χ1n) is 9.35. The van der Waals surface area contributed by atoms with Crippen LogP contribution in [0.1, 0.15) is 53.4 Å². The minimum atomic E-state index is -0.1000. The van der Waals surface area contributed by atoms with Crippen molar-refractivity contribution < 1.29 is 9.90 Å². The highest BCUT2D eigenvalue weighted by Crippen LogP contribution is 2.41. The van der Waals surface area contributed by atoms with Crippen molar-refractivity contribution in [3.8, 4) is 5.00 Å². The lowest BCUT2D eigenvalue weighted by molar-refractivity contribution is 0.0729. The van der Waals surface area contributed by atoms with Crippen LogP contribution in [0.2, 0.25) is 0 Å². The first-order chi connectivity index (χ1) is 12.2. The molecule has 0 bridgehead atoms. The monoisotopic (exact) mass is 358 g/mol. The molecule has 2 aromatic rings. The normalized spacial score (nSPS) is 22.6. The molecule has 2 aromatic heterocycles. The number of amides is 1. The average Bonchev–Trinajstić information content (AvgIpc) is 3.37. The molecule has 0 radical (unpaired) electrons. The quantitative estimate of drug-likeness (QED) is 0.887. The van der Waals surface area contributed by atoms with E-state index in [1.807, 2.05) is 29.4 Å². The van der Waals surface area contributed by atoms with Crippen molar-refractivity contribution in [2.24, 2.45) is 5.41 Å². The van der Waals surface area contributed by atoms with E-state index in [2.05, 4.69) is 11.5 Å². The Morgan fingerprint density at radius 3 is 2.84 bits per heavy atom. The van der Waals surface area contributed by atoms with E-state index in [0.717, 1.165) is 55.6 Å². The van der Waals surface area contributed by atoms with Crippen LogP contribution in [0.25, 0.3) is 5.00 Å². The molecule has 0 aromatic carbocycles. The standard InChI is InChI=1S/C20H26N2O2S/c1-2-8-20(14-23)9-12-22(13-20)18(24)17-15-6-5-7-16(15)25-19(17)21-10-3-4-11-21/h3-4,10-11,23H,2,5-9,12-14H2,1H3. The number of hydrogen-bond donors (Lipinski definition) is 1. The number of carbonyl (C=O) groups excluding carboxylic acids is 1. The summed E-state index contributed by atoms with van der Waals surface area (Å²) in [6, 6.07) is 4.01. The van der Waals surface area contributed by atoms with E-state index in [-0.39, 0.29) is 17.9 Å². The van der Waals surface area contributed by atoms with Crippen LogP contribution in [0.15, 0.2) is 24.5 Å². The molecule has 1 aliphatic heterocycles. The number of aliphatic hydroxyl groups is 1. The fraction of sp³-hybridized carbons (Fsp3) is 0.550. The minimum absolute atomic E-state index is 0.1000. The third-order valence-electron chi connectivity index (χ3n) is 5.80. The van der Waals surface area contributed by atoms with Crippen molar-refractivity contribution in [1.29, 1.82) is 0 Å². The second-order valence-electron chi connectivity index (χ2n) is 7.51. The van der Waals surface area contributed by atoms with Gasteiger partial charge in [0.2, 0.25) is 0 Å². The summed E-state index contributed by atoms with van der Waals surface area (Å²) >= 11 is 1.78. The Morgan fingerprint density at radius 2 is 2.12 bits per heavy atom. The van der Waals surface area contributed by atoms with Gasteiger partial charge in [-0.05, 0) is 49.8 Å². The Hall–Kier alpha value is -1.59. The maximum absolute atomic E-state index is 13.4. The van der Waals surface area contributed by atoms with E-state index in [0.29, 0.717) is 6.54 Å². The van der Waals surface area contributed by atoms with Crippen molar-refractivity contribution in [2.75, 3.05) is 19.7 Å². The van der Waals surface area contributed by atoms with Crippen molar-refractivity contribution in [1.82, 2.24) is 9.47 Å². The highest BCUT2D eigenvalue weighted by Gasteiger charge is 2.40. The molecule has 134 valence electrons. The molecule has 1 unspecified atom stereocenters. The van der Waals surface area contributed by atoms with Gasteiger partial charge in [0.1, 0.15) is 5.00 Å².